The fourth-order valence-electron chi connectivity index (χ4n) is 2.43. The van der Waals surface area contributed by atoms with Gasteiger partial charge < -0.3 is 9.73 Å². The van der Waals surface area contributed by atoms with Crippen LogP contribution >= 0.6 is 27.5 Å². The zero-order chi connectivity index (χ0) is 13.6. The van der Waals surface area contributed by atoms with E-state index in [4.69, 9.17) is 16.0 Å². The average molecular weight is 343 g/mol. The minimum Gasteiger partial charge on any atom is -0.458 e. The molecule has 1 heterocycles. The summed E-state index contributed by atoms with van der Waals surface area (Å²) < 4.78 is 7.12. The predicted octanol–water partition coefficient (Wildman–Crippen LogP) is 5.22. The number of rotatable bonds is 4. The van der Waals surface area contributed by atoms with Gasteiger partial charge in [-0.2, -0.15) is 0 Å². The highest BCUT2D eigenvalue weighted by Crippen LogP contribution is 2.49. The van der Waals surface area contributed by atoms with E-state index in [1.165, 1.54) is 18.4 Å². The number of fused-ring (bicyclic) bond motifs is 1. The van der Waals surface area contributed by atoms with Crippen LogP contribution in [-0.2, 0) is 6.54 Å². The monoisotopic (exact) mass is 341 g/mol. The van der Waals surface area contributed by atoms with Gasteiger partial charge in [0, 0.05) is 21.5 Å². The maximum Gasteiger partial charge on any atom is 0.154 e. The second-order valence-corrected chi connectivity index (χ2v) is 6.74. The molecule has 1 aliphatic carbocycles. The first-order valence-electron chi connectivity index (χ1n) is 6.70. The van der Waals surface area contributed by atoms with E-state index in [-0.39, 0.29) is 0 Å². The fourth-order valence-corrected chi connectivity index (χ4v) is 3.16. The molecule has 0 aliphatic heterocycles. The number of halogens is 2. The molecule has 0 bridgehead atoms. The molecule has 0 atom stereocenters. The van der Waals surface area contributed by atoms with Crippen LogP contribution in [0.3, 0.4) is 0 Å². The zero-order valence-electron chi connectivity index (χ0n) is 11.1. The first-order valence-corrected chi connectivity index (χ1v) is 7.87. The summed E-state index contributed by atoms with van der Waals surface area (Å²) in [5.41, 5.74) is 2.16. The van der Waals surface area contributed by atoms with Gasteiger partial charge in [0.2, 0.25) is 0 Å². The zero-order valence-corrected chi connectivity index (χ0v) is 13.4. The van der Waals surface area contributed by atoms with Gasteiger partial charge in [-0.25, -0.2) is 0 Å². The van der Waals surface area contributed by atoms with Gasteiger partial charge in [-0.1, -0.05) is 41.4 Å². The maximum atomic E-state index is 6.27. The molecule has 3 rings (SSSR count). The lowest BCUT2D eigenvalue weighted by atomic mass is 10.1. The Bertz CT molecular complexity index is 616. The Morgan fingerprint density at radius 2 is 2.16 bits per heavy atom. The van der Waals surface area contributed by atoms with Gasteiger partial charge in [0.05, 0.1) is 11.6 Å². The van der Waals surface area contributed by atoms with Crippen LogP contribution in [0.15, 0.2) is 21.0 Å². The molecule has 0 saturated heterocycles. The fraction of sp³-hybridized carbons (Fsp3) is 0.467. The lowest BCUT2D eigenvalue weighted by Gasteiger charge is -2.07. The Labute approximate surface area is 126 Å². The summed E-state index contributed by atoms with van der Waals surface area (Å²) in [6.45, 7) is 5.05. The van der Waals surface area contributed by atoms with E-state index in [2.05, 4.69) is 35.1 Å². The molecular formula is C15H17BrClNO. The Morgan fingerprint density at radius 3 is 2.79 bits per heavy atom. The summed E-state index contributed by atoms with van der Waals surface area (Å²) in [5, 5.41) is 5.29. The molecule has 2 nitrogen and oxygen atoms in total. The van der Waals surface area contributed by atoms with E-state index in [1.807, 2.05) is 12.1 Å². The van der Waals surface area contributed by atoms with Gasteiger partial charge in [0.1, 0.15) is 5.76 Å². The van der Waals surface area contributed by atoms with Crippen LogP contribution in [0.4, 0.5) is 0 Å². The molecule has 19 heavy (non-hydrogen) atoms. The lowest BCUT2D eigenvalue weighted by molar-refractivity contribution is 0.483. The molecule has 102 valence electrons. The third kappa shape index (κ3) is 2.56. The summed E-state index contributed by atoms with van der Waals surface area (Å²) >= 11 is 9.90. The van der Waals surface area contributed by atoms with Gasteiger partial charge >= 0.3 is 0 Å². The van der Waals surface area contributed by atoms with Crippen LogP contribution in [0.1, 0.15) is 43.9 Å². The van der Waals surface area contributed by atoms with Crippen molar-refractivity contribution in [3.8, 4) is 0 Å². The summed E-state index contributed by atoms with van der Waals surface area (Å²) in [7, 11) is 0. The quantitative estimate of drug-likeness (QED) is 0.823. The smallest absolute Gasteiger partial charge is 0.154 e. The van der Waals surface area contributed by atoms with Crippen molar-refractivity contribution in [3.63, 3.8) is 0 Å². The van der Waals surface area contributed by atoms with E-state index < -0.39 is 0 Å². The molecule has 2 aromatic rings. The highest BCUT2D eigenvalue weighted by atomic mass is 79.9. The van der Waals surface area contributed by atoms with Gasteiger partial charge in [-0.05, 0) is 30.9 Å². The minimum absolute atomic E-state index is 0.444. The second kappa shape index (κ2) is 5.12. The number of furan rings is 1. The van der Waals surface area contributed by atoms with Crippen molar-refractivity contribution in [3.05, 3.63) is 33.0 Å². The number of hydrogen-bond acceptors (Lipinski definition) is 2. The van der Waals surface area contributed by atoms with Gasteiger partial charge in [0.15, 0.2) is 5.58 Å². The van der Waals surface area contributed by atoms with Crippen LogP contribution < -0.4 is 5.32 Å². The Morgan fingerprint density at radius 1 is 1.42 bits per heavy atom. The van der Waals surface area contributed by atoms with Crippen molar-refractivity contribution in [2.75, 3.05) is 0 Å². The summed E-state index contributed by atoms with van der Waals surface area (Å²) in [4.78, 5) is 0. The molecule has 4 heteroatoms. The molecule has 1 aromatic heterocycles. The molecule has 1 aromatic carbocycles. The first kappa shape index (κ1) is 13.5. The van der Waals surface area contributed by atoms with Gasteiger partial charge in [-0.15, -0.1) is 0 Å². The van der Waals surface area contributed by atoms with Crippen LogP contribution in [0.5, 0.6) is 0 Å². The van der Waals surface area contributed by atoms with Crippen LogP contribution in [-0.4, -0.2) is 6.04 Å². The normalized spacial score (nSPS) is 15.6. The molecule has 0 unspecified atom stereocenters. The van der Waals surface area contributed by atoms with E-state index >= 15 is 0 Å². The molecule has 0 amide bonds. The van der Waals surface area contributed by atoms with E-state index in [0.29, 0.717) is 17.0 Å². The largest absolute Gasteiger partial charge is 0.458 e. The topological polar surface area (TPSA) is 25.2 Å². The Balaban J connectivity index is 2.13. The third-order valence-electron chi connectivity index (χ3n) is 3.51. The highest BCUT2D eigenvalue weighted by molar-refractivity contribution is 9.10. The lowest BCUT2D eigenvalue weighted by Crippen LogP contribution is -2.22. The van der Waals surface area contributed by atoms with Crippen molar-refractivity contribution in [1.82, 2.24) is 5.32 Å². The molecule has 0 spiro atoms. The standard InChI is InChI=1S/C15H17BrClNO/c1-8(2)18-7-12-13(9-3-4-9)14-10(16)5-6-11(17)15(14)19-12/h5-6,8-9,18H,3-4,7H2,1-2H3. The minimum atomic E-state index is 0.444. The SMILES string of the molecule is CC(C)NCc1oc2c(Cl)ccc(Br)c2c1C1CC1. The number of benzene rings is 1. The van der Waals surface area contributed by atoms with Crippen molar-refractivity contribution in [2.45, 2.75) is 45.2 Å². The predicted molar refractivity (Wildman–Crippen MR) is 82.9 cm³/mol. The van der Waals surface area contributed by atoms with Crippen molar-refractivity contribution < 1.29 is 4.42 Å². The van der Waals surface area contributed by atoms with Gasteiger partial charge in [0.25, 0.3) is 0 Å². The van der Waals surface area contributed by atoms with Crippen LogP contribution in [0.25, 0.3) is 11.0 Å². The summed E-state index contributed by atoms with van der Waals surface area (Å²) in [5.74, 6) is 1.68. The Kier molecular flexibility index (Phi) is 3.63. The first-order chi connectivity index (χ1) is 9.08. The van der Waals surface area contributed by atoms with Crippen molar-refractivity contribution in [1.29, 1.82) is 0 Å². The van der Waals surface area contributed by atoms with Crippen LogP contribution in [0.2, 0.25) is 5.02 Å². The Hall–Kier alpha value is -0.510. The summed E-state index contributed by atoms with van der Waals surface area (Å²) in [6.07, 6.45) is 2.50. The second-order valence-electron chi connectivity index (χ2n) is 5.48. The van der Waals surface area contributed by atoms with E-state index in [0.717, 1.165) is 27.7 Å². The summed E-state index contributed by atoms with van der Waals surface area (Å²) in [6, 6.07) is 4.33. The third-order valence-corrected chi connectivity index (χ3v) is 4.47. The van der Waals surface area contributed by atoms with E-state index in [9.17, 15) is 0 Å². The van der Waals surface area contributed by atoms with Crippen molar-refractivity contribution >= 4 is 38.5 Å². The molecule has 0 radical (unpaired) electrons. The number of nitrogens with one attached hydrogen (secondary N) is 1. The average Bonchev–Trinajstić information content (AvgIpc) is 3.12. The maximum absolute atomic E-state index is 6.27. The molecular weight excluding hydrogens is 326 g/mol. The molecule has 1 saturated carbocycles. The molecule has 1 fully saturated rings. The van der Waals surface area contributed by atoms with E-state index in [1.54, 1.807) is 0 Å². The van der Waals surface area contributed by atoms with Gasteiger partial charge in [-0.3, -0.25) is 0 Å². The van der Waals surface area contributed by atoms with Crippen molar-refractivity contribution in [2.24, 2.45) is 0 Å². The number of hydrogen-bond donors (Lipinski definition) is 1. The molecule has 1 N–H and O–H groups in total. The highest BCUT2D eigenvalue weighted by Gasteiger charge is 2.32. The molecule has 1 aliphatic rings. The van der Waals surface area contributed by atoms with Crippen LogP contribution in [0, 0.1) is 0 Å².